The lowest BCUT2D eigenvalue weighted by Gasteiger charge is -2.59. The van der Waals surface area contributed by atoms with Crippen LogP contribution in [0, 0.1) is 34.5 Å². The molecule has 0 heterocycles. The smallest absolute Gasteiger partial charge is 0.186 e. The summed E-state index contributed by atoms with van der Waals surface area (Å²) in [7, 11) is 0. The van der Waals surface area contributed by atoms with Crippen molar-refractivity contribution in [3.63, 3.8) is 0 Å². The van der Waals surface area contributed by atoms with Crippen LogP contribution in [0.4, 0.5) is 0 Å². The first-order chi connectivity index (χ1) is 13.2. The SMILES string of the molecule is CC(=O)SCC(=O)C1C[C@@]2(C)C(=CC1=O)CC(O)[C@@H]1[C@H]2CC[C@]2(C)CCC[C@@H]12. The Labute approximate surface area is 171 Å². The third-order valence-corrected chi connectivity index (χ3v) is 9.47. The van der Waals surface area contributed by atoms with Crippen molar-refractivity contribution < 1.29 is 19.5 Å². The molecule has 1 N–H and O–H groups in total. The number of fused-ring (bicyclic) bond motifs is 5. The van der Waals surface area contributed by atoms with Crippen LogP contribution in [0.15, 0.2) is 11.6 Å². The number of rotatable bonds is 3. The zero-order valence-corrected chi connectivity index (χ0v) is 18.0. The second-order valence-corrected chi connectivity index (χ2v) is 11.3. The standard InChI is InChI=1S/C23H32O4S/c1-13(24)28-12-20(27)15-11-23(3)14(9-18(15)25)10-19(26)21-16-5-4-7-22(16,2)8-6-17(21)23/h9,15-17,19,21,26H,4-8,10-12H2,1-3H3/t15?,16-,17+,19?,21-,22-,23-/m0/s1. The summed E-state index contributed by atoms with van der Waals surface area (Å²) < 4.78 is 0. The van der Waals surface area contributed by atoms with E-state index in [4.69, 9.17) is 0 Å². The number of Topliss-reactive ketones (excluding diaryl/α,β-unsaturated/α-hetero) is 1. The van der Waals surface area contributed by atoms with Crippen molar-refractivity contribution in [2.24, 2.45) is 34.5 Å². The van der Waals surface area contributed by atoms with Gasteiger partial charge in [-0.25, -0.2) is 0 Å². The fourth-order valence-corrected chi connectivity index (χ4v) is 7.69. The van der Waals surface area contributed by atoms with Crippen LogP contribution in [-0.4, -0.2) is 33.6 Å². The first-order valence-corrected chi connectivity index (χ1v) is 11.7. The zero-order chi connectivity index (χ0) is 20.3. The summed E-state index contributed by atoms with van der Waals surface area (Å²) in [4.78, 5) is 36.7. The van der Waals surface area contributed by atoms with Gasteiger partial charge in [-0.15, -0.1) is 0 Å². The number of thioether (sulfide) groups is 1. The largest absolute Gasteiger partial charge is 0.392 e. The highest BCUT2D eigenvalue weighted by molar-refractivity contribution is 8.14. The summed E-state index contributed by atoms with van der Waals surface area (Å²) >= 11 is 0.997. The van der Waals surface area contributed by atoms with Gasteiger partial charge in [0.15, 0.2) is 16.7 Å². The number of hydrogen-bond acceptors (Lipinski definition) is 5. The molecular weight excluding hydrogens is 372 g/mol. The van der Waals surface area contributed by atoms with E-state index in [1.807, 2.05) is 0 Å². The zero-order valence-electron chi connectivity index (χ0n) is 17.2. The van der Waals surface area contributed by atoms with E-state index in [2.05, 4.69) is 13.8 Å². The third-order valence-electron chi connectivity index (χ3n) is 8.63. The molecule has 2 unspecified atom stereocenters. The molecule has 0 radical (unpaired) electrons. The number of hydrogen-bond donors (Lipinski definition) is 1. The van der Waals surface area contributed by atoms with Crippen molar-refractivity contribution in [2.75, 3.05) is 5.75 Å². The lowest BCUT2D eigenvalue weighted by molar-refractivity contribution is -0.136. The van der Waals surface area contributed by atoms with E-state index >= 15 is 0 Å². The van der Waals surface area contributed by atoms with Gasteiger partial charge in [0.2, 0.25) is 0 Å². The maximum Gasteiger partial charge on any atom is 0.186 e. The molecule has 3 saturated carbocycles. The van der Waals surface area contributed by atoms with Gasteiger partial charge < -0.3 is 5.11 Å². The van der Waals surface area contributed by atoms with E-state index < -0.39 is 5.92 Å². The quantitative estimate of drug-likeness (QED) is 0.721. The van der Waals surface area contributed by atoms with Crippen LogP contribution >= 0.6 is 11.8 Å². The second-order valence-electron chi connectivity index (χ2n) is 10.1. The summed E-state index contributed by atoms with van der Waals surface area (Å²) in [5.74, 6) is 0.372. The maximum atomic E-state index is 12.7. The Morgan fingerprint density at radius 2 is 1.96 bits per heavy atom. The van der Waals surface area contributed by atoms with Crippen molar-refractivity contribution in [3.05, 3.63) is 11.6 Å². The van der Waals surface area contributed by atoms with Crippen LogP contribution < -0.4 is 0 Å². The molecule has 0 amide bonds. The molecule has 0 aromatic carbocycles. The predicted octanol–water partition coefficient (Wildman–Crippen LogP) is 3.95. The van der Waals surface area contributed by atoms with Crippen molar-refractivity contribution in [2.45, 2.75) is 71.8 Å². The molecule has 7 atom stereocenters. The first kappa shape index (κ1) is 20.3. The van der Waals surface area contributed by atoms with E-state index in [1.54, 1.807) is 6.08 Å². The number of ketones is 2. The Bertz CT molecular complexity index is 743. The maximum absolute atomic E-state index is 12.7. The monoisotopic (exact) mass is 404 g/mol. The van der Waals surface area contributed by atoms with Crippen LogP contribution in [0.1, 0.15) is 65.7 Å². The Morgan fingerprint density at radius 1 is 1.21 bits per heavy atom. The highest BCUT2D eigenvalue weighted by Gasteiger charge is 2.60. The average molecular weight is 405 g/mol. The van der Waals surface area contributed by atoms with Crippen LogP contribution in [0.3, 0.4) is 0 Å². The van der Waals surface area contributed by atoms with Crippen LogP contribution in [0.2, 0.25) is 0 Å². The highest BCUT2D eigenvalue weighted by atomic mass is 32.2. The molecule has 0 saturated heterocycles. The molecule has 4 rings (SSSR count). The molecule has 0 bridgehead atoms. The number of aliphatic hydroxyl groups excluding tert-OH is 1. The first-order valence-electron chi connectivity index (χ1n) is 10.7. The molecule has 0 aromatic heterocycles. The van der Waals surface area contributed by atoms with Crippen LogP contribution in [0.5, 0.6) is 0 Å². The van der Waals surface area contributed by atoms with E-state index in [0.717, 1.165) is 23.8 Å². The van der Waals surface area contributed by atoms with Crippen molar-refractivity contribution in [1.29, 1.82) is 0 Å². The summed E-state index contributed by atoms with van der Waals surface area (Å²) in [6.45, 7) is 6.08. The van der Waals surface area contributed by atoms with Gasteiger partial charge in [-0.05, 0) is 73.2 Å². The molecular formula is C23H32O4S. The molecule has 4 aliphatic rings. The van der Waals surface area contributed by atoms with Gasteiger partial charge in [-0.1, -0.05) is 37.6 Å². The van der Waals surface area contributed by atoms with Crippen LogP contribution in [-0.2, 0) is 14.4 Å². The number of aliphatic hydroxyl groups is 1. The predicted molar refractivity (Wildman–Crippen MR) is 110 cm³/mol. The van der Waals surface area contributed by atoms with Gasteiger partial charge in [0, 0.05) is 6.92 Å². The summed E-state index contributed by atoms with van der Waals surface area (Å²) in [5.41, 5.74) is 1.21. The molecule has 0 spiro atoms. The molecule has 3 fully saturated rings. The van der Waals surface area contributed by atoms with Crippen LogP contribution in [0.25, 0.3) is 0 Å². The molecule has 28 heavy (non-hydrogen) atoms. The Hall–Kier alpha value is -0.940. The molecule has 4 aliphatic carbocycles. The fourth-order valence-electron chi connectivity index (χ4n) is 7.15. The van der Waals surface area contributed by atoms with Gasteiger partial charge in [0.1, 0.15) is 0 Å². The third kappa shape index (κ3) is 3.13. The van der Waals surface area contributed by atoms with E-state index in [-0.39, 0.29) is 39.9 Å². The minimum atomic E-state index is -0.631. The Balaban J connectivity index is 1.63. The van der Waals surface area contributed by atoms with Crippen molar-refractivity contribution >= 4 is 28.4 Å². The van der Waals surface area contributed by atoms with Gasteiger partial charge in [-0.3, -0.25) is 14.4 Å². The van der Waals surface area contributed by atoms with E-state index in [1.165, 1.54) is 32.6 Å². The Morgan fingerprint density at radius 3 is 2.68 bits per heavy atom. The van der Waals surface area contributed by atoms with Crippen molar-refractivity contribution in [1.82, 2.24) is 0 Å². The van der Waals surface area contributed by atoms with Gasteiger partial charge >= 0.3 is 0 Å². The lowest BCUT2D eigenvalue weighted by atomic mass is 9.46. The second kappa shape index (κ2) is 7.09. The Kier molecular flexibility index (Phi) is 5.15. The topological polar surface area (TPSA) is 71.4 Å². The average Bonchev–Trinajstić information content (AvgIpc) is 3.02. The minimum absolute atomic E-state index is 0.0857. The van der Waals surface area contributed by atoms with Gasteiger partial charge in [0.25, 0.3) is 0 Å². The summed E-state index contributed by atoms with van der Waals surface area (Å²) in [6.07, 6.45) is 8.37. The summed E-state index contributed by atoms with van der Waals surface area (Å²) in [6, 6.07) is 0. The minimum Gasteiger partial charge on any atom is -0.392 e. The normalized spacial score (nSPS) is 44.9. The molecule has 0 aliphatic heterocycles. The molecule has 5 heteroatoms. The number of carbonyl (C=O) groups is 3. The highest BCUT2D eigenvalue weighted by Crippen LogP contribution is 2.65. The van der Waals surface area contributed by atoms with Gasteiger partial charge in [-0.2, -0.15) is 0 Å². The number of carbonyl (C=O) groups excluding carboxylic acids is 3. The molecule has 154 valence electrons. The summed E-state index contributed by atoms with van der Waals surface area (Å²) in [5, 5.41) is 11.0. The van der Waals surface area contributed by atoms with E-state index in [9.17, 15) is 19.5 Å². The lowest BCUT2D eigenvalue weighted by Crippen LogP contribution is -2.56. The molecule has 0 aromatic rings. The van der Waals surface area contributed by atoms with Crippen molar-refractivity contribution in [3.8, 4) is 0 Å². The molecule has 4 nitrogen and oxygen atoms in total. The van der Waals surface area contributed by atoms with Gasteiger partial charge in [0.05, 0.1) is 17.8 Å². The van der Waals surface area contributed by atoms with E-state index in [0.29, 0.717) is 30.1 Å². The fraction of sp³-hybridized carbons (Fsp3) is 0.783.